The monoisotopic (exact) mass is 345 g/mol. The number of β-amino-alcohol motifs (C(OH)–C–C–N with tert-alkyl or cyclic N) is 1. The Balaban J connectivity index is 1.61. The minimum Gasteiger partial charge on any atom is -0.491 e. The molecule has 0 aliphatic carbocycles. The molecule has 2 heterocycles. The summed E-state index contributed by atoms with van der Waals surface area (Å²) in [4.78, 5) is 13.9. The van der Waals surface area contributed by atoms with E-state index in [-0.39, 0.29) is 12.2 Å². The van der Waals surface area contributed by atoms with Crippen LogP contribution in [0.25, 0.3) is 11.0 Å². The van der Waals surface area contributed by atoms with Crippen molar-refractivity contribution in [3.8, 4) is 5.75 Å². The van der Waals surface area contributed by atoms with Gasteiger partial charge in [0, 0.05) is 30.1 Å². The van der Waals surface area contributed by atoms with Crippen LogP contribution >= 0.6 is 0 Å². The van der Waals surface area contributed by atoms with E-state index in [1.807, 2.05) is 19.1 Å². The zero-order valence-corrected chi connectivity index (χ0v) is 15.0. The molecular formula is C20H27NO4. The Kier molecular flexibility index (Phi) is 5.76. The third-order valence-corrected chi connectivity index (χ3v) is 5.03. The molecule has 136 valence electrons. The van der Waals surface area contributed by atoms with Gasteiger partial charge in [-0.15, -0.1) is 0 Å². The van der Waals surface area contributed by atoms with Crippen LogP contribution in [-0.2, 0) is 0 Å². The van der Waals surface area contributed by atoms with E-state index in [1.54, 1.807) is 6.07 Å². The van der Waals surface area contributed by atoms with Crippen LogP contribution < -0.4 is 10.4 Å². The van der Waals surface area contributed by atoms with Crippen LogP contribution in [0.1, 0.15) is 38.2 Å². The Morgan fingerprint density at radius 1 is 1.36 bits per heavy atom. The van der Waals surface area contributed by atoms with Crippen LogP contribution in [0.2, 0.25) is 0 Å². The number of aliphatic hydroxyl groups excluding tert-OH is 1. The second-order valence-corrected chi connectivity index (χ2v) is 6.92. The largest absolute Gasteiger partial charge is 0.491 e. The fourth-order valence-corrected chi connectivity index (χ4v) is 3.67. The van der Waals surface area contributed by atoms with E-state index in [0.29, 0.717) is 23.9 Å². The maximum absolute atomic E-state index is 11.5. The van der Waals surface area contributed by atoms with Gasteiger partial charge in [-0.2, -0.15) is 0 Å². The molecule has 0 radical (unpaired) electrons. The molecule has 2 aromatic rings. The van der Waals surface area contributed by atoms with Gasteiger partial charge >= 0.3 is 5.63 Å². The van der Waals surface area contributed by atoms with Crippen molar-refractivity contribution in [2.45, 2.75) is 51.7 Å². The SMILES string of the molecule is CC[C@@H]1CCCCN1C[C@H](O)COc1ccc2c(C)cc(=O)oc2c1. The summed E-state index contributed by atoms with van der Waals surface area (Å²) in [5.41, 5.74) is 1.03. The van der Waals surface area contributed by atoms with Crippen LogP contribution in [0.5, 0.6) is 5.75 Å². The summed E-state index contributed by atoms with van der Waals surface area (Å²) in [6.45, 7) is 6.01. The summed E-state index contributed by atoms with van der Waals surface area (Å²) in [5.74, 6) is 0.603. The van der Waals surface area contributed by atoms with Gasteiger partial charge in [0.1, 0.15) is 24.0 Å². The summed E-state index contributed by atoms with van der Waals surface area (Å²) < 4.78 is 11.0. The van der Waals surface area contributed by atoms with Crippen LogP contribution in [0.15, 0.2) is 33.5 Å². The number of piperidine rings is 1. The predicted molar refractivity (Wildman–Crippen MR) is 98.2 cm³/mol. The number of aryl methyl sites for hydroxylation is 1. The van der Waals surface area contributed by atoms with Crippen molar-refractivity contribution >= 4 is 11.0 Å². The number of rotatable bonds is 6. The molecule has 25 heavy (non-hydrogen) atoms. The molecule has 1 aliphatic heterocycles. The molecule has 1 N–H and O–H groups in total. The Bertz CT molecular complexity index is 770. The Labute approximate surface area is 148 Å². The first-order chi connectivity index (χ1) is 12.1. The number of hydrogen-bond acceptors (Lipinski definition) is 5. The standard InChI is InChI=1S/C20H27NO4/c1-3-15-6-4-5-9-21(15)12-16(22)13-24-17-7-8-18-14(2)10-20(23)25-19(18)11-17/h7-8,10-11,15-16,22H,3-6,9,12-13H2,1-2H3/t15-,16+/m1/s1. The minimum absolute atomic E-state index is 0.231. The molecule has 0 saturated carbocycles. The molecule has 3 rings (SSSR count). The molecule has 5 nitrogen and oxygen atoms in total. The van der Waals surface area contributed by atoms with Gasteiger partial charge in [0.15, 0.2) is 0 Å². The van der Waals surface area contributed by atoms with E-state index in [0.717, 1.165) is 23.9 Å². The van der Waals surface area contributed by atoms with E-state index < -0.39 is 6.10 Å². The highest BCUT2D eigenvalue weighted by atomic mass is 16.5. The summed E-state index contributed by atoms with van der Waals surface area (Å²) in [6, 6.07) is 7.49. The zero-order chi connectivity index (χ0) is 17.8. The van der Waals surface area contributed by atoms with Gasteiger partial charge in [0.25, 0.3) is 0 Å². The lowest BCUT2D eigenvalue weighted by atomic mass is 10.00. The topological polar surface area (TPSA) is 62.9 Å². The summed E-state index contributed by atoms with van der Waals surface area (Å²) in [6.07, 6.45) is 4.28. The number of ether oxygens (including phenoxy) is 1. The van der Waals surface area contributed by atoms with Gasteiger partial charge in [-0.05, 0) is 50.4 Å². The average Bonchev–Trinajstić information content (AvgIpc) is 2.60. The van der Waals surface area contributed by atoms with E-state index in [4.69, 9.17) is 9.15 Å². The Hall–Kier alpha value is -1.85. The molecule has 1 saturated heterocycles. The highest BCUT2D eigenvalue weighted by Gasteiger charge is 2.23. The number of fused-ring (bicyclic) bond motifs is 1. The first-order valence-corrected chi connectivity index (χ1v) is 9.16. The van der Waals surface area contributed by atoms with Crippen molar-refractivity contribution in [1.82, 2.24) is 4.90 Å². The second-order valence-electron chi connectivity index (χ2n) is 6.92. The lowest BCUT2D eigenvalue weighted by Gasteiger charge is -2.36. The highest BCUT2D eigenvalue weighted by Crippen LogP contribution is 2.23. The molecule has 0 amide bonds. The van der Waals surface area contributed by atoms with Crippen molar-refractivity contribution < 1.29 is 14.3 Å². The number of likely N-dealkylation sites (tertiary alicyclic amines) is 1. The fourth-order valence-electron chi connectivity index (χ4n) is 3.67. The highest BCUT2D eigenvalue weighted by molar-refractivity contribution is 5.81. The molecule has 0 unspecified atom stereocenters. The first kappa shape index (κ1) is 18.0. The molecule has 1 fully saturated rings. The van der Waals surface area contributed by atoms with Gasteiger partial charge in [-0.25, -0.2) is 4.79 Å². The molecule has 0 bridgehead atoms. The predicted octanol–water partition coefficient (Wildman–Crippen LogP) is 3.11. The maximum atomic E-state index is 11.5. The molecular weight excluding hydrogens is 318 g/mol. The van der Waals surface area contributed by atoms with Gasteiger partial charge in [0.2, 0.25) is 0 Å². The van der Waals surface area contributed by atoms with Crippen molar-refractivity contribution in [3.63, 3.8) is 0 Å². The second kappa shape index (κ2) is 8.02. The van der Waals surface area contributed by atoms with E-state index in [2.05, 4.69) is 11.8 Å². The van der Waals surface area contributed by atoms with Gasteiger partial charge in [-0.1, -0.05) is 13.3 Å². The van der Waals surface area contributed by atoms with Crippen molar-refractivity contribution in [2.75, 3.05) is 19.7 Å². The van der Waals surface area contributed by atoms with Crippen molar-refractivity contribution in [2.24, 2.45) is 0 Å². The normalized spacial score (nSPS) is 19.9. The summed E-state index contributed by atoms with van der Waals surface area (Å²) >= 11 is 0. The number of hydrogen-bond donors (Lipinski definition) is 1. The lowest BCUT2D eigenvalue weighted by Crippen LogP contribution is -2.44. The van der Waals surface area contributed by atoms with E-state index >= 15 is 0 Å². The Morgan fingerprint density at radius 3 is 3.00 bits per heavy atom. The smallest absolute Gasteiger partial charge is 0.336 e. The van der Waals surface area contributed by atoms with E-state index in [1.165, 1.54) is 25.3 Å². The maximum Gasteiger partial charge on any atom is 0.336 e. The average molecular weight is 345 g/mol. The third kappa shape index (κ3) is 4.41. The first-order valence-electron chi connectivity index (χ1n) is 9.16. The molecule has 2 atom stereocenters. The molecule has 0 spiro atoms. The van der Waals surface area contributed by atoms with Crippen molar-refractivity contribution in [1.29, 1.82) is 0 Å². The zero-order valence-electron chi connectivity index (χ0n) is 15.0. The van der Waals surface area contributed by atoms with E-state index in [9.17, 15) is 9.90 Å². The van der Waals surface area contributed by atoms with Crippen LogP contribution in [0.4, 0.5) is 0 Å². The fraction of sp³-hybridized carbons (Fsp3) is 0.550. The Morgan fingerprint density at radius 2 is 2.20 bits per heavy atom. The molecule has 5 heteroatoms. The lowest BCUT2D eigenvalue weighted by molar-refractivity contribution is 0.0388. The third-order valence-electron chi connectivity index (χ3n) is 5.03. The van der Waals surface area contributed by atoms with Crippen LogP contribution in [0.3, 0.4) is 0 Å². The van der Waals surface area contributed by atoms with Crippen molar-refractivity contribution in [3.05, 3.63) is 40.2 Å². The van der Waals surface area contributed by atoms with Crippen LogP contribution in [-0.4, -0.2) is 41.8 Å². The summed E-state index contributed by atoms with van der Waals surface area (Å²) in [5, 5.41) is 11.2. The van der Waals surface area contributed by atoms with Gasteiger partial charge in [0.05, 0.1) is 0 Å². The number of nitrogens with zero attached hydrogens (tertiary/aromatic N) is 1. The molecule has 1 aromatic carbocycles. The number of benzene rings is 1. The van der Waals surface area contributed by atoms with Crippen LogP contribution in [0, 0.1) is 6.92 Å². The summed E-state index contributed by atoms with van der Waals surface area (Å²) in [7, 11) is 0. The van der Waals surface area contributed by atoms with Gasteiger partial charge in [-0.3, -0.25) is 4.90 Å². The molecule has 1 aromatic heterocycles. The quantitative estimate of drug-likeness (QED) is 0.815. The van der Waals surface area contributed by atoms with Gasteiger partial charge < -0.3 is 14.3 Å². The minimum atomic E-state index is -0.535. The molecule has 1 aliphatic rings. The number of aliphatic hydroxyl groups is 1.